The lowest BCUT2D eigenvalue weighted by Crippen LogP contribution is -2.33. The molecule has 1 saturated heterocycles. The summed E-state index contributed by atoms with van der Waals surface area (Å²) in [5.41, 5.74) is 1.09. The Morgan fingerprint density at radius 2 is 2.29 bits per heavy atom. The molecule has 1 fully saturated rings. The molecule has 1 amide bonds. The van der Waals surface area contributed by atoms with Gasteiger partial charge in [-0.05, 0) is 56.3 Å². The minimum absolute atomic E-state index is 0.129. The summed E-state index contributed by atoms with van der Waals surface area (Å²) >= 11 is 0. The molecule has 4 nitrogen and oxygen atoms in total. The summed E-state index contributed by atoms with van der Waals surface area (Å²) in [6.07, 6.45) is 4.86. The highest BCUT2D eigenvalue weighted by Crippen LogP contribution is 2.18. The van der Waals surface area contributed by atoms with Crippen molar-refractivity contribution in [3.63, 3.8) is 0 Å². The molecule has 1 aliphatic rings. The van der Waals surface area contributed by atoms with E-state index < -0.39 is 0 Å². The van der Waals surface area contributed by atoms with Crippen LogP contribution in [0, 0.1) is 5.92 Å². The number of hydrogen-bond acceptors (Lipinski definition) is 3. The fourth-order valence-corrected chi connectivity index (χ4v) is 2.83. The second-order valence-corrected chi connectivity index (χ2v) is 5.66. The highest BCUT2D eigenvalue weighted by atomic mass is 16.5. The average molecular weight is 290 g/mol. The number of hydrogen-bond donors (Lipinski definition) is 2. The van der Waals surface area contributed by atoms with Crippen molar-refractivity contribution in [2.45, 2.75) is 32.1 Å². The van der Waals surface area contributed by atoms with E-state index in [2.05, 4.69) is 10.6 Å². The minimum Gasteiger partial charge on any atom is -0.496 e. The fourth-order valence-electron chi connectivity index (χ4n) is 2.83. The smallest absolute Gasteiger partial charge is 0.220 e. The van der Waals surface area contributed by atoms with Crippen molar-refractivity contribution in [2.24, 2.45) is 5.92 Å². The number of aryl methyl sites for hydroxylation is 1. The summed E-state index contributed by atoms with van der Waals surface area (Å²) in [5, 5.41) is 6.44. The lowest BCUT2D eigenvalue weighted by molar-refractivity contribution is -0.121. The molecule has 2 N–H and O–H groups in total. The van der Waals surface area contributed by atoms with Crippen LogP contribution in [0.25, 0.3) is 0 Å². The van der Waals surface area contributed by atoms with Crippen LogP contribution >= 0.6 is 0 Å². The van der Waals surface area contributed by atoms with Crippen LogP contribution in [0.2, 0.25) is 0 Å². The van der Waals surface area contributed by atoms with Gasteiger partial charge in [0.2, 0.25) is 5.91 Å². The number of para-hydroxylation sites is 1. The summed E-state index contributed by atoms with van der Waals surface area (Å²) in [7, 11) is 1.66. The number of piperidine rings is 1. The molecular formula is C17H26N2O2. The van der Waals surface area contributed by atoms with Crippen molar-refractivity contribution in [3.05, 3.63) is 29.8 Å². The van der Waals surface area contributed by atoms with E-state index in [9.17, 15) is 4.79 Å². The predicted octanol–water partition coefficient (Wildman–Crippen LogP) is 2.13. The van der Waals surface area contributed by atoms with Crippen molar-refractivity contribution in [1.29, 1.82) is 0 Å². The first-order valence-electron chi connectivity index (χ1n) is 7.89. The minimum atomic E-state index is 0.129. The van der Waals surface area contributed by atoms with E-state index in [0.29, 0.717) is 12.3 Å². The van der Waals surface area contributed by atoms with E-state index in [-0.39, 0.29) is 5.91 Å². The summed E-state index contributed by atoms with van der Waals surface area (Å²) in [6.45, 7) is 3.02. The molecule has 0 saturated carbocycles. The zero-order valence-electron chi connectivity index (χ0n) is 12.9. The van der Waals surface area contributed by atoms with E-state index in [1.54, 1.807) is 7.11 Å². The molecule has 4 heteroatoms. The van der Waals surface area contributed by atoms with Gasteiger partial charge in [0.05, 0.1) is 7.11 Å². The third-order valence-corrected chi connectivity index (χ3v) is 4.09. The number of methoxy groups -OCH3 is 1. The Morgan fingerprint density at radius 3 is 3.05 bits per heavy atom. The van der Waals surface area contributed by atoms with E-state index in [1.807, 2.05) is 24.3 Å². The van der Waals surface area contributed by atoms with Gasteiger partial charge >= 0.3 is 0 Å². The Hall–Kier alpha value is -1.55. The zero-order valence-corrected chi connectivity index (χ0v) is 12.9. The maximum Gasteiger partial charge on any atom is 0.220 e. The third-order valence-electron chi connectivity index (χ3n) is 4.09. The molecule has 0 aliphatic carbocycles. The molecule has 1 aromatic rings. The molecule has 1 aromatic carbocycles. The van der Waals surface area contributed by atoms with E-state index in [1.165, 1.54) is 12.8 Å². The predicted molar refractivity (Wildman–Crippen MR) is 84.5 cm³/mol. The number of ether oxygens (including phenoxy) is 1. The quantitative estimate of drug-likeness (QED) is 0.809. The summed E-state index contributed by atoms with van der Waals surface area (Å²) in [4.78, 5) is 11.9. The number of rotatable bonds is 7. The van der Waals surface area contributed by atoms with Gasteiger partial charge in [-0.3, -0.25) is 4.79 Å². The molecule has 0 aromatic heterocycles. The van der Waals surface area contributed by atoms with Crippen LogP contribution in [-0.4, -0.2) is 32.7 Å². The normalized spacial score (nSPS) is 18.2. The Balaban J connectivity index is 1.65. The molecular weight excluding hydrogens is 264 g/mol. The molecule has 0 radical (unpaired) electrons. The SMILES string of the molecule is COc1ccccc1CCC(=O)NCCC1CCCNC1. The Kier molecular flexibility index (Phi) is 6.54. The third kappa shape index (κ3) is 5.38. The largest absolute Gasteiger partial charge is 0.496 e. The Bertz CT molecular complexity index is 442. The van der Waals surface area contributed by atoms with Gasteiger partial charge in [0, 0.05) is 13.0 Å². The van der Waals surface area contributed by atoms with Gasteiger partial charge in [-0.15, -0.1) is 0 Å². The van der Waals surface area contributed by atoms with Gasteiger partial charge in [-0.2, -0.15) is 0 Å². The summed E-state index contributed by atoms with van der Waals surface area (Å²) < 4.78 is 5.30. The molecule has 0 bridgehead atoms. The van der Waals surface area contributed by atoms with Gasteiger partial charge in [0.25, 0.3) is 0 Å². The number of carbonyl (C=O) groups is 1. The molecule has 1 atom stereocenters. The highest BCUT2D eigenvalue weighted by Gasteiger charge is 2.13. The van der Waals surface area contributed by atoms with Crippen molar-refractivity contribution in [2.75, 3.05) is 26.7 Å². The van der Waals surface area contributed by atoms with E-state index in [4.69, 9.17) is 4.74 Å². The number of benzene rings is 1. The van der Waals surface area contributed by atoms with Crippen molar-refractivity contribution < 1.29 is 9.53 Å². The second-order valence-electron chi connectivity index (χ2n) is 5.66. The zero-order chi connectivity index (χ0) is 14.9. The fraction of sp³-hybridized carbons (Fsp3) is 0.588. The maximum atomic E-state index is 11.9. The molecule has 1 aliphatic heterocycles. The second kappa shape index (κ2) is 8.67. The molecule has 21 heavy (non-hydrogen) atoms. The lowest BCUT2D eigenvalue weighted by atomic mass is 9.96. The number of amides is 1. The van der Waals surface area contributed by atoms with Crippen LogP contribution in [0.1, 0.15) is 31.2 Å². The molecule has 116 valence electrons. The van der Waals surface area contributed by atoms with Crippen molar-refractivity contribution in [1.82, 2.24) is 10.6 Å². The number of carbonyl (C=O) groups excluding carboxylic acids is 1. The van der Waals surface area contributed by atoms with Gasteiger partial charge in [0.1, 0.15) is 5.75 Å². The maximum absolute atomic E-state index is 11.9. The van der Waals surface area contributed by atoms with Crippen LogP contribution in [0.15, 0.2) is 24.3 Å². The van der Waals surface area contributed by atoms with Gasteiger partial charge in [0.15, 0.2) is 0 Å². The Morgan fingerprint density at radius 1 is 1.43 bits per heavy atom. The first-order valence-corrected chi connectivity index (χ1v) is 7.89. The van der Waals surface area contributed by atoms with Crippen LogP contribution in [-0.2, 0) is 11.2 Å². The number of nitrogens with one attached hydrogen (secondary N) is 2. The van der Waals surface area contributed by atoms with Gasteiger partial charge in [-0.25, -0.2) is 0 Å². The topological polar surface area (TPSA) is 50.4 Å². The summed E-state index contributed by atoms with van der Waals surface area (Å²) in [5.74, 6) is 1.71. The van der Waals surface area contributed by atoms with Crippen LogP contribution in [0.5, 0.6) is 5.75 Å². The Labute approximate surface area is 127 Å². The van der Waals surface area contributed by atoms with Crippen molar-refractivity contribution in [3.8, 4) is 5.75 Å². The first-order chi connectivity index (χ1) is 10.3. The van der Waals surface area contributed by atoms with Crippen LogP contribution in [0.4, 0.5) is 0 Å². The highest BCUT2D eigenvalue weighted by molar-refractivity contribution is 5.76. The van der Waals surface area contributed by atoms with E-state index >= 15 is 0 Å². The van der Waals surface area contributed by atoms with Crippen LogP contribution < -0.4 is 15.4 Å². The average Bonchev–Trinajstić information content (AvgIpc) is 2.54. The molecule has 1 unspecified atom stereocenters. The van der Waals surface area contributed by atoms with Gasteiger partial charge in [-0.1, -0.05) is 18.2 Å². The molecule has 1 heterocycles. The standard InChI is InChI=1S/C17H26N2O2/c1-21-16-7-3-2-6-15(16)8-9-17(20)19-12-10-14-5-4-11-18-13-14/h2-3,6-7,14,18H,4-5,8-13H2,1H3,(H,19,20). The van der Waals surface area contributed by atoms with E-state index in [0.717, 1.165) is 43.8 Å². The molecule has 0 spiro atoms. The molecule has 2 rings (SSSR count). The monoisotopic (exact) mass is 290 g/mol. The lowest BCUT2D eigenvalue weighted by Gasteiger charge is -2.22. The van der Waals surface area contributed by atoms with Gasteiger partial charge < -0.3 is 15.4 Å². The first kappa shape index (κ1) is 15.8. The van der Waals surface area contributed by atoms with Crippen LogP contribution in [0.3, 0.4) is 0 Å². The van der Waals surface area contributed by atoms with Crippen molar-refractivity contribution >= 4 is 5.91 Å². The summed E-state index contributed by atoms with van der Waals surface area (Å²) in [6, 6.07) is 7.87.